The average Bonchev–Trinajstić information content (AvgIpc) is 3.19. The molecule has 23 heavy (non-hydrogen) atoms. The molecule has 2 N–H and O–H groups in total. The van der Waals surface area contributed by atoms with Crippen LogP contribution in [0.4, 0.5) is 10.8 Å². The van der Waals surface area contributed by atoms with Gasteiger partial charge in [-0.2, -0.15) is 0 Å². The van der Waals surface area contributed by atoms with E-state index in [-0.39, 0.29) is 5.91 Å². The second-order valence-electron chi connectivity index (χ2n) is 5.84. The molecular weight excluding hydrogens is 308 g/mol. The van der Waals surface area contributed by atoms with Gasteiger partial charge >= 0.3 is 0 Å². The number of carbonyl (C=O) groups excluding carboxylic acids is 1. The van der Waals surface area contributed by atoms with Crippen molar-refractivity contribution in [2.75, 3.05) is 31.5 Å². The molecule has 2 aromatic rings. The van der Waals surface area contributed by atoms with Crippen LogP contribution in [0.5, 0.6) is 0 Å². The lowest BCUT2D eigenvalue weighted by atomic mass is 10.2. The van der Waals surface area contributed by atoms with Crippen molar-refractivity contribution >= 4 is 28.1 Å². The van der Waals surface area contributed by atoms with Gasteiger partial charge < -0.3 is 15.5 Å². The zero-order valence-electron chi connectivity index (χ0n) is 13.3. The van der Waals surface area contributed by atoms with Gasteiger partial charge in [-0.25, -0.2) is 4.98 Å². The van der Waals surface area contributed by atoms with E-state index >= 15 is 0 Å². The first-order chi connectivity index (χ1) is 11.2. The molecule has 0 atom stereocenters. The van der Waals surface area contributed by atoms with E-state index in [0.717, 1.165) is 30.5 Å². The number of hydrogen-bond donors (Lipinski definition) is 2. The van der Waals surface area contributed by atoms with Crippen LogP contribution in [-0.2, 0) is 0 Å². The van der Waals surface area contributed by atoms with Crippen molar-refractivity contribution in [3.8, 4) is 0 Å². The van der Waals surface area contributed by atoms with Crippen LogP contribution in [0.15, 0.2) is 29.6 Å². The first-order valence-corrected chi connectivity index (χ1v) is 8.88. The minimum atomic E-state index is -0.0993. The number of nitrogens with zero attached hydrogens (tertiary/aromatic N) is 2. The van der Waals surface area contributed by atoms with E-state index in [0.29, 0.717) is 12.2 Å². The third-order valence-corrected chi connectivity index (χ3v) is 4.68. The molecule has 2 heterocycles. The van der Waals surface area contributed by atoms with Gasteiger partial charge in [-0.3, -0.25) is 4.79 Å². The third kappa shape index (κ3) is 4.53. The highest BCUT2D eigenvalue weighted by atomic mass is 32.1. The number of anilines is 2. The molecular formula is C17H22N4OS. The number of aryl methyl sites for hydroxylation is 1. The Morgan fingerprint density at radius 3 is 2.96 bits per heavy atom. The van der Waals surface area contributed by atoms with Gasteiger partial charge in [0.25, 0.3) is 5.91 Å². The van der Waals surface area contributed by atoms with Crippen LogP contribution < -0.4 is 10.6 Å². The topological polar surface area (TPSA) is 57.3 Å². The van der Waals surface area contributed by atoms with Crippen LogP contribution in [0.1, 0.15) is 28.9 Å². The molecule has 0 aliphatic carbocycles. The molecule has 1 amide bonds. The van der Waals surface area contributed by atoms with Gasteiger partial charge in [-0.05, 0) is 50.6 Å². The fraction of sp³-hybridized carbons (Fsp3) is 0.412. The van der Waals surface area contributed by atoms with Crippen LogP contribution in [-0.4, -0.2) is 42.0 Å². The largest absolute Gasteiger partial charge is 0.349 e. The molecule has 0 bridgehead atoms. The monoisotopic (exact) mass is 330 g/mol. The molecule has 1 aliphatic rings. The minimum absolute atomic E-state index is 0.0993. The third-order valence-electron chi connectivity index (χ3n) is 3.92. The molecule has 3 rings (SSSR count). The van der Waals surface area contributed by atoms with Gasteiger partial charge in [0.2, 0.25) is 0 Å². The Labute approximate surface area is 140 Å². The number of nitrogens with one attached hydrogen (secondary N) is 2. The summed E-state index contributed by atoms with van der Waals surface area (Å²) in [4.78, 5) is 18.9. The smallest absolute Gasteiger partial charge is 0.270 e. The zero-order chi connectivity index (χ0) is 16.1. The van der Waals surface area contributed by atoms with Gasteiger partial charge in [0.15, 0.2) is 5.13 Å². The van der Waals surface area contributed by atoms with Crippen molar-refractivity contribution in [2.24, 2.45) is 0 Å². The number of benzene rings is 1. The molecule has 1 aliphatic heterocycles. The van der Waals surface area contributed by atoms with E-state index in [1.54, 1.807) is 5.38 Å². The standard InChI is InChI=1S/C17H22N4OS/c1-13-5-4-6-14(11-13)19-17-20-15(12-23-17)16(22)18-7-10-21-8-2-3-9-21/h4-6,11-12H,2-3,7-10H2,1H3,(H,18,22)(H,19,20). The van der Waals surface area contributed by atoms with Crippen LogP contribution >= 0.6 is 11.3 Å². The second-order valence-corrected chi connectivity index (χ2v) is 6.70. The highest BCUT2D eigenvalue weighted by Crippen LogP contribution is 2.21. The minimum Gasteiger partial charge on any atom is -0.349 e. The Hall–Kier alpha value is -1.92. The average molecular weight is 330 g/mol. The van der Waals surface area contributed by atoms with E-state index in [4.69, 9.17) is 0 Å². The second kappa shape index (κ2) is 7.57. The Morgan fingerprint density at radius 2 is 2.17 bits per heavy atom. The van der Waals surface area contributed by atoms with Crippen LogP contribution in [0.2, 0.25) is 0 Å². The first kappa shape index (κ1) is 16.0. The summed E-state index contributed by atoms with van der Waals surface area (Å²) in [6.45, 7) is 5.95. The van der Waals surface area contributed by atoms with Crippen molar-refractivity contribution in [3.63, 3.8) is 0 Å². The van der Waals surface area contributed by atoms with Crippen molar-refractivity contribution in [1.29, 1.82) is 0 Å². The Morgan fingerprint density at radius 1 is 1.35 bits per heavy atom. The van der Waals surface area contributed by atoms with E-state index in [1.165, 1.54) is 29.7 Å². The first-order valence-electron chi connectivity index (χ1n) is 8.00. The number of hydrogen-bond acceptors (Lipinski definition) is 5. The summed E-state index contributed by atoms with van der Waals surface area (Å²) >= 11 is 1.44. The molecule has 0 unspecified atom stereocenters. The zero-order valence-corrected chi connectivity index (χ0v) is 14.2. The van der Waals surface area contributed by atoms with E-state index < -0.39 is 0 Å². The number of carbonyl (C=O) groups is 1. The van der Waals surface area contributed by atoms with Gasteiger partial charge in [-0.1, -0.05) is 12.1 Å². The quantitative estimate of drug-likeness (QED) is 0.855. The van der Waals surface area contributed by atoms with E-state index in [2.05, 4.69) is 26.6 Å². The summed E-state index contributed by atoms with van der Waals surface area (Å²) in [5.41, 5.74) is 2.65. The molecule has 1 fully saturated rings. The van der Waals surface area contributed by atoms with Crippen LogP contribution in [0, 0.1) is 6.92 Å². The van der Waals surface area contributed by atoms with Gasteiger partial charge in [0, 0.05) is 24.2 Å². The SMILES string of the molecule is Cc1cccc(Nc2nc(C(=O)NCCN3CCCC3)cs2)c1. The predicted octanol–water partition coefficient (Wildman–Crippen LogP) is 3.02. The summed E-state index contributed by atoms with van der Waals surface area (Å²) in [5, 5.41) is 8.72. The van der Waals surface area contributed by atoms with Crippen LogP contribution in [0.25, 0.3) is 0 Å². The van der Waals surface area contributed by atoms with Crippen molar-refractivity contribution in [3.05, 3.63) is 40.9 Å². The summed E-state index contributed by atoms with van der Waals surface area (Å²) in [7, 11) is 0. The van der Waals surface area contributed by atoms with Gasteiger partial charge in [0.05, 0.1) is 0 Å². The number of rotatable bonds is 6. The summed E-state index contributed by atoms with van der Waals surface area (Å²) < 4.78 is 0. The van der Waals surface area contributed by atoms with Crippen molar-refractivity contribution in [1.82, 2.24) is 15.2 Å². The van der Waals surface area contributed by atoms with E-state index in [1.807, 2.05) is 25.1 Å². The fourth-order valence-electron chi connectivity index (χ4n) is 2.71. The molecule has 0 spiro atoms. The normalized spacial score (nSPS) is 14.8. The lowest BCUT2D eigenvalue weighted by Crippen LogP contribution is -2.33. The Bertz CT molecular complexity index is 664. The number of amides is 1. The molecule has 0 radical (unpaired) electrons. The number of aromatic nitrogens is 1. The lowest BCUT2D eigenvalue weighted by molar-refractivity contribution is 0.0945. The predicted molar refractivity (Wildman–Crippen MR) is 94.6 cm³/mol. The van der Waals surface area contributed by atoms with E-state index in [9.17, 15) is 4.79 Å². The summed E-state index contributed by atoms with van der Waals surface area (Å²) in [6.07, 6.45) is 2.54. The molecule has 1 saturated heterocycles. The number of thiazole rings is 1. The molecule has 1 aromatic heterocycles. The summed E-state index contributed by atoms with van der Waals surface area (Å²) in [6, 6.07) is 8.09. The maximum absolute atomic E-state index is 12.1. The molecule has 0 saturated carbocycles. The fourth-order valence-corrected chi connectivity index (χ4v) is 3.42. The molecule has 6 heteroatoms. The maximum atomic E-state index is 12.1. The Kier molecular flexibility index (Phi) is 5.25. The van der Waals surface area contributed by atoms with Crippen molar-refractivity contribution < 1.29 is 4.79 Å². The molecule has 5 nitrogen and oxygen atoms in total. The molecule has 122 valence electrons. The highest BCUT2D eigenvalue weighted by molar-refractivity contribution is 7.14. The van der Waals surface area contributed by atoms with Gasteiger partial charge in [0.1, 0.15) is 5.69 Å². The highest BCUT2D eigenvalue weighted by Gasteiger charge is 2.13. The summed E-state index contributed by atoms with van der Waals surface area (Å²) in [5.74, 6) is -0.0993. The number of likely N-dealkylation sites (tertiary alicyclic amines) is 1. The maximum Gasteiger partial charge on any atom is 0.270 e. The van der Waals surface area contributed by atoms with Crippen LogP contribution in [0.3, 0.4) is 0 Å². The van der Waals surface area contributed by atoms with Crippen molar-refractivity contribution in [2.45, 2.75) is 19.8 Å². The molecule has 1 aromatic carbocycles. The van der Waals surface area contributed by atoms with Gasteiger partial charge in [-0.15, -0.1) is 11.3 Å². The lowest BCUT2D eigenvalue weighted by Gasteiger charge is -2.14. The Balaban J connectivity index is 1.50.